The predicted molar refractivity (Wildman–Crippen MR) is 82.9 cm³/mol. The van der Waals surface area contributed by atoms with E-state index in [-0.39, 0.29) is 23.3 Å². The SMILES string of the molecule is Cc1ccc(C(C)NC(=O)c2ccc(Br)cc2O)cc1. The highest BCUT2D eigenvalue weighted by Crippen LogP contribution is 2.23. The number of amides is 1. The summed E-state index contributed by atoms with van der Waals surface area (Å²) in [4.78, 5) is 12.1. The van der Waals surface area contributed by atoms with Crippen LogP contribution < -0.4 is 5.32 Å². The van der Waals surface area contributed by atoms with E-state index >= 15 is 0 Å². The zero-order valence-corrected chi connectivity index (χ0v) is 12.9. The first kappa shape index (κ1) is 14.6. The molecule has 0 aliphatic heterocycles. The molecule has 3 nitrogen and oxygen atoms in total. The summed E-state index contributed by atoms with van der Waals surface area (Å²) >= 11 is 3.25. The number of carbonyl (C=O) groups is 1. The van der Waals surface area contributed by atoms with Gasteiger partial charge in [-0.25, -0.2) is 0 Å². The molecule has 0 heterocycles. The Kier molecular flexibility index (Phi) is 4.45. The fraction of sp³-hybridized carbons (Fsp3) is 0.188. The molecule has 2 rings (SSSR count). The van der Waals surface area contributed by atoms with Crippen molar-refractivity contribution in [1.29, 1.82) is 0 Å². The van der Waals surface area contributed by atoms with Crippen molar-refractivity contribution >= 4 is 21.8 Å². The number of carbonyl (C=O) groups excluding carboxylic acids is 1. The number of halogens is 1. The van der Waals surface area contributed by atoms with Crippen molar-refractivity contribution in [1.82, 2.24) is 5.32 Å². The van der Waals surface area contributed by atoms with E-state index in [1.807, 2.05) is 38.1 Å². The molecule has 2 aromatic rings. The fourth-order valence-corrected chi connectivity index (χ4v) is 2.26. The molecule has 0 bridgehead atoms. The molecule has 0 radical (unpaired) electrons. The summed E-state index contributed by atoms with van der Waals surface area (Å²) in [5.74, 6) is -0.323. The molecule has 2 N–H and O–H groups in total. The van der Waals surface area contributed by atoms with Crippen LogP contribution in [0.25, 0.3) is 0 Å². The van der Waals surface area contributed by atoms with E-state index in [1.165, 1.54) is 11.6 Å². The fourth-order valence-electron chi connectivity index (χ4n) is 1.91. The maximum Gasteiger partial charge on any atom is 0.255 e. The standard InChI is InChI=1S/C16H16BrNO2/c1-10-3-5-12(6-4-10)11(2)18-16(20)14-8-7-13(17)9-15(14)19/h3-9,11,19H,1-2H3,(H,18,20). The van der Waals surface area contributed by atoms with Crippen LogP contribution in [-0.2, 0) is 0 Å². The Hall–Kier alpha value is -1.81. The van der Waals surface area contributed by atoms with E-state index in [2.05, 4.69) is 21.2 Å². The van der Waals surface area contributed by atoms with Gasteiger partial charge >= 0.3 is 0 Å². The van der Waals surface area contributed by atoms with Gasteiger partial charge in [-0.1, -0.05) is 45.8 Å². The number of hydrogen-bond acceptors (Lipinski definition) is 2. The van der Waals surface area contributed by atoms with Gasteiger partial charge in [0.15, 0.2) is 0 Å². The molecule has 2 aromatic carbocycles. The first-order valence-corrected chi connectivity index (χ1v) is 7.12. The average Bonchev–Trinajstić information content (AvgIpc) is 2.39. The molecule has 0 saturated heterocycles. The largest absolute Gasteiger partial charge is 0.507 e. The lowest BCUT2D eigenvalue weighted by molar-refractivity contribution is 0.0937. The number of hydrogen-bond donors (Lipinski definition) is 2. The second-order valence-electron chi connectivity index (χ2n) is 4.77. The zero-order chi connectivity index (χ0) is 14.7. The van der Waals surface area contributed by atoms with Crippen LogP contribution in [0, 0.1) is 6.92 Å². The molecular weight excluding hydrogens is 318 g/mol. The van der Waals surface area contributed by atoms with Crippen LogP contribution in [0.5, 0.6) is 5.75 Å². The molecule has 4 heteroatoms. The van der Waals surface area contributed by atoms with Crippen LogP contribution in [-0.4, -0.2) is 11.0 Å². The van der Waals surface area contributed by atoms with Crippen LogP contribution in [0.1, 0.15) is 34.5 Å². The van der Waals surface area contributed by atoms with Gasteiger partial charge in [-0.15, -0.1) is 0 Å². The van der Waals surface area contributed by atoms with E-state index in [4.69, 9.17) is 0 Å². The summed E-state index contributed by atoms with van der Waals surface area (Å²) < 4.78 is 0.734. The van der Waals surface area contributed by atoms with Gasteiger partial charge in [-0.3, -0.25) is 4.79 Å². The van der Waals surface area contributed by atoms with Crippen LogP contribution in [0.4, 0.5) is 0 Å². The molecule has 0 saturated carbocycles. The van der Waals surface area contributed by atoms with E-state index < -0.39 is 0 Å². The van der Waals surface area contributed by atoms with Crippen LogP contribution in [0.15, 0.2) is 46.9 Å². The second kappa shape index (κ2) is 6.09. The van der Waals surface area contributed by atoms with Crippen molar-refractivity contribution in [3.63, 3.8) is 0 Å². The Morgan fingerprint density at radius 1 is 1.20 bits per heavy atom. The number of nitrogens with one attached hydrogen (secondary N) is 1. The first-order valence-electron chi connectivity index (χ1n) is 6.33. The monoisotopic (exact) mass is 333 g/mol. The Morgan fingerprint density at radius 2 is 1.85 bits per heavy atom. The molecule has 0 fully saturated rings. The Balaban J connectivity index is 2.13. The van der Waals surface area contributed by atoms with Crippen LogP contribution in [0.2, 0.25) is 0 Å². The summed E-state index contributed by atoms with van der Waals surface area (Å²) in [6.45, 7) is 3.94. The predicted octanol–water partition coefficient (Wildman–Crippen LogP) is 3.95. The Morgan fingerprint density at radius 3 is 2.45 bits per heavy atom. The highest BCUT2D eigenvalue weighted by molar-refractivity contribution is 9.10. The van der Waals surface area contributed by atoms with Crippen molar-refractivity contribution < 1.29 is 9.90 Å². The first-order chi connectivity index (χ1) is 9.47. The van der Waals surface area contributed by atoms with Gasteiger partial charge in [-0.2, -0.15) is 0 Å². The minimum absolute atomic E-state index is 0.0343. The van der Waals surface area contributed by atoms with E-state index in [0.717, 1.165) is 10.0 Å². The zero-order valence-electron chi connectivity index (χ0n) is 11.4. The van der Waals surface area contributed by atoms with E-state index in [1.54, 1.807) is 12.1 Å². The summed E-state index contributed by atoms with van der Waals surface area (Å²) in [6, 6.07) is 12.7. The molecule has 1 atom stereocenters. The third-order valence-corrected chi connectivity index (χ3v) is 3.62. The lowest BCUT2D eigenvalue weighted by Gasteiger charge is -2.15. The molecule has 104 valence electrons. The summed E-state index contributed by atoms with van der Waals surface area (Å²) in [6.07, 6.45) is 0. The van der Waals surface area contributed by atoms with Gasteiger partial charge in [0.05, 0.1) is 11.6 Å². The number of aromatic hydroxyl groups is 1. The molecule has 0 spiro atoms. The second-order valence-corrected chi connectivity index (χ2v) is 5.68. The number of rotatable bonds is 3. The van der Waals surface area contributed by atoms with Crippen LogP contribution in [0.3, 0.4) is 0 Å². The quantitative estimate of drug-likeness (QED) is 0.893. The molecule has 1 unspecified atom stereocenters. The highest BCUT2D eigenvalue weighted by Gasteiger charge is 2.14. The number of benzene rings is 2. The minimum Gasteiger partial charge on any atom is -0.507 e. The van der Waals surface area contributed by atoms with Crippen molar-refractivity contribution in [3.05, 3.63) is 63.6 Å². The van der Waals surface area contributed by atoms with Crippen molar-refractivity contribution in [2.75, 3.05) is 0 Å². The summed E-state index contributed by atoms with van der Waals surface area (Å²) in [5.41, 5.74) is 2.48. The molecule has 0 aromatic heterocycles. The molecule has 1 amide bonds. The third kappa shape index (κ3) is 3.39. The summed E-state index contributed by atoms with van der Waals surface area (Å²) in [5, 5.41) is 12.7. The van der Waals surface area contributed by atoms with Gasteiger partial charge in [0.1, 0.15) is 5.75 Å². The minimum atomic E-state index is -0.289. The normalized spacial score (nSPS) is 11.9. The van der Waals surface area contributed by atoms with Crippen molar-refractivity contribution in [3.8, 4) is 5.75 Å². The Labute approximate surface area is 126 Å². The highest BCUT2D eigenvalue weighted by atomic mass is 79.9. The molecule has 0 aliphatic carbocycles. The maximum atomic E-state index is 12.1. The molecule has 0 aliphatic rings. The van der Waals surface area contributed by atoms with E-state index in [9.17, 15) is 9.90 Å². The number of phenolic OH excluding ortho intramolecular Hbond substituents is 1. The lowest BCUT2D eigenvalue weighted by Crippen LogP contribution is -2.26. The van der Waals surface area contributed by atoms with Gasteiger partial charge < -0.3 is 10.4 Å². The number of phenols is 1. The Bertz CT molecular complexity index is 623. The number of aryl methyl sites for hydroxylation is 1. The van der Waals surface area contributed by atoms with Gasteiger partial charge in [0.2, 0.25) is 0 Å². The summed E-state index contributed by atoms with van der Waals surface area (Å²) in [7, 11) is 0. The smallest absolute Gasteiger partial charge is 0.255 e. The average molecular weight is 334 g/mol. The lowest BCUT2D eigenvalue weighted by atomic mass is 10.1. The molecular formula is C16H16BrNO2. The van der Waals surface area contributed by atoms with Gasteiger partial charge in [-0.05, 0) is 37.6 Å². The topological polar surface area (TPSA) is 49.3 Å². The van der Waals surface area contributed by atoms with Gasteiger partial charge in [0.25, 0.3) is 5.91 Å². The molecule has 20 heavy (non-hydrogen) atoms. The van der Waals surface area contributed by atoms with Gasteiger partial charge in [0, 0.05) is 4.47 Å². The third-order valence-electron chi connectivity index (χ3n) is 3.13. The van der Waals surface area contributed by atoms with Crippen molar-refractivity contribution in [2.45, 2.75) is 19.9 Å². The van der Waals surface area contributed by atoms with Crippen LogP contribution >= 0.6 is 15.9 Å². The van der Waals surface area contributed by atoms with E-state index in [0.29, 0.717) is 0 Å². The van der Waals surface area contributed by atoms with Crippen molar-refractivity contribution in [2.24, 2.45) is 0 Å². The maximum absolute atomic E-state index is 12.1.